The molecule has 0 aliphatic rings. The summed E-state index contributed by atoms with van der Waals surface area (Å²) in [5.41, 5.74) is -0.919. The molecule has 0 fully saturated rings. The number of H-pyrrole nitrogens is 2. The van der Waals surface area contributed by atoms with Crippen LogP contribution in [0.4, 0.5) is 13.2 Å². The highest BCUT2D eigenvalue weighted by atomic mass is 19.4. The van der Waals surface area contributed by atoms with Gasteiger partial charge in [0.2, 0.25) is 0 Å². The molecule has 0 radical (unpaired) electrons. The zero-order chi connectivity index (χ0) is 11.1. The van der Waals surface area contributed by atoms with E-state index in [1.165, 1.54) is 0 Å². The Balaban J connectivity index is 2.58. The van der Waals surface area contributed by atoms with Crippen molar-refractivity contribution in [2.24, 2.45) is 0 Å². The molecule has 0 spiro atoms. The molecule has 2 heterocycles. The van der Waals surface area contributed by atoms with E-state index in [-0.39, 0.29) is 16.7 Å². The Morgan fingerprint density at radius 3 is 2.80 bits per heavy atom. The summed E-state index contributed by atoms with van der Waals surface area (Å²) in [5.74, 6) is 0. The van der Waals surface area contributed by atoms with Gasteiger partial charge in [-0.2, -0.15) is 18.3 Å². The van der Waals surface area contributed by atoms with Crippen LogP contribution in [0.15, 0.2) is 11.1 Å². The first-order valence-electron chi connectivity index (χ1n) is 3.95. The average molecular weight is 218 g/mol. The predicted molar refractivity (Wildman–Crippen MR) is 44.3 cm³/mol. The van der Waals surface area contributed by atoms with Crippen LogP contribution in [-0.2, 0) is 6.42 Å². The zero-order valence-electron chi connectivity index (χ0n) is 7.22. The molecule has 80 valence electrons. The first-order chi connectivity index (χ1) is 6.97. The molecule has 0 aliphatic heterocycles. The van der Waals surface area contributed by atoms with Crippen LogP contribution < -0.4 is 5.56 Å². The molecule has 5 nitrogen and oxygen atoms in total. The summed E-state index contributed by atoms with van der Waals surface area (Å²) in [4.78, 5) is 17.1. The van der Waals surface area contributed by atoms with Crippen molar-refractivity contribution >= 4 is 11.0 Å². The van der Waals surface area contributed by atoms with Crippen molar-refractivity contribution in [3.63, 3.8) is 0 Å². The number of aromatic amines is 2. The molecular weight excluding hydrogens is 213 g/mol. The molecule has 0 aromatic carbocycles. The standard InChI is InChI=1S/C7H5F3N4O/c8-7(9,10)1-3-4-5(14-13-3)11-2-12-6(4)15/h2H,1H2,(H2,11,12,13,14,15). The highest BCUT2D eigenvalue weighted by Gasteiger charge is 2.30. The van der Waals surface area contributed by atoms with E-state index in [4.69, 9.17) is 0 Å². The van der Waals surface area contributed by atoms with Crippen molar-refractivity contribution < 1.29 is 13.2 Å². The summed E-state index contributed by atoms with van der Waals surface area (Å²) in [5, 5.41) is 5.54. The van der Waals surface area contributed by atoms with Gasteiger partial charge >= 0.3 is 6.18 Å². The van der Waals surface area contributed by atoms with Crippen LogP contribution in [0.3, 0.4) is 0 Å². The van der Waals surface area contributed by atoms with Gasteiger partial charge in [0.15, 0.2) is 5.65 Å². The third kappa shape index (κ3) is 1.83. The minimum Gasteiger partial charge on any atom is -0.312 e. The van der Waals surface area contributed by atoms with Gasteiger partial charge in [-0.3, -0.25) is 9.89 Å². The largest absolute Gasteiger partial charge is 0.394 e. The third-order valence-electron chi connectivity index (χ3n) is 1.81. The van der Waals surface area contributed by atoms with Gasteiger partial charge in [0.25, 0.3) is 5.56 Å². The van der Waals surface area contributed by atoms with E-state index in [0.717, 1.165) is 6.33 Å². The first-order valence-corrected chi connectivity index (χ1v) is 3.95. The van der Waals surface area contributed by atoms with Crippen molar-refractivity contribution in [2.75, 3.05) is 0 Å². The molecule has 2 aromatic rings. The van der Waals surface area contributed by atoms with Crippen molar-refractivity contribution in [3.05, 3.63) is 22.4 Å². The van der Waals surface area contributed by atoms with Crippen LogP contribution in [0.2, 0.25) is 0 Å². The number of hydrogen-bond acceptors (Lipinski definition) is 3. The molecule has 0 saturated heterocycles. The number of halogens is 3. The summed E-state index contributed by atoms with van der Waals surface area (Å²) in [6.45, 7) is 0. The van der Waals surface area contributed by atoms with E-state index >= 15 is 0 Å². The molecule has 15 heavy (non-hydrogen) atoms. The van der Waals surface area contributed by atoms with Gasteiger partial charge in [-0.05, 0) is 0 Å². The highest BCUT2D eigenvalue weighted by Crippen LogP contribution is 2.22. The summed E-state index contributed by atoms with van der Waals surface area (Å²) >= 11 is 0. The molecular formula is C7H5F3N4O. The fourth-order valence-corrected chi connectivity index (χ4v) is 1.25. The van der Waals surface area contributed by atoms with E-state index in [9.17, 15) is 18.0 Å². The third-order valence-corrected chi connectivity index (χ3v) is 1.81. The Kier molecular flexibility index (Phi) is 1.98. The van der Waals surface area contributed by atoms with Crippen molar-refractivity contribution in [3.8, 4) is 0 Å². The van der Waals surface area contributed by atoms with Crippen molar-refractivity contribution in [1.29, 1.82) is 0 Å². The lowest BCUT2D eigenvalue weighted by molar-refractivity contribution is -0.127. The minimum atomic E-state index is -4.40. The van der Waals surface area contributed by atoms with E-state index in [2.05, 4.69) is 20.2 Å². The molecule has 0 amide bonds. The maximum absolute atomic E-state index is 12.1. The Bertz CT molecular complexity index is 541. The molecule has 0 unspecified atom stereocenters. The summed E-state index contributed by atoms with van der Waals surface area (Å²) in [6.07, 6.45) is -4.55. The van der Waals surface area contributed by atoms with Gasteiger partial charge < -0.3 is 4.98 Å². The summed E-state index contributed by atoms with van der Waals surface area (Å²) < 4.78 is 36.3. The zero-order valence-corrected chi connectivity index (χ0v) is 7.22. The Morgan fingerprint density at radius 2 is 2.13 bits per heavy atom. The normalized spacial score (nSPS) is 12.2. The Morgan fingerprint density at radius 1 is 1.40 bits per heavy atom. The average Bonchev–Trinajstić information content (AvgIpc) is 2.47. The number of alkyl halides is 3. The second kappa shape index (κ2) is 3.07. The Hall–Kier alpha value is -1.86. The van der Waals surface area contributed by atoms with Gasteiger partial charge in [0, 0.05) is 0 Å². The fourth-order valence-electron chi connectivity index (χ4n) is 1.25. The van der Waals surface area contributed by atoms with Gasteiger partial charge in [0.1, 0.15) is 5.39 Å². The van der Waals surface area contributed by atoms with Crippen LogP contribution in [0.5, 0.6) is 0 Å². The lowest BCUT2D eigenvalue weighted by Gasteiger charge is -2.02. The monoisotopic (exact) mass is 218 g/mol. The van der Waals surface area contributed by atoms with E-state index < -0.39 is 18.2 Å². The lowest BCUT2D eigenvalue weighted by Crippen LogP contribution is -2.14. The van der Waals surface area contributed by atoms with Crippen LogP contribution in [0.25, 0.3) is 11.0 Å². The predicted octanol–water partition coefficient (Wildman–Crippen LogP) is 0.751. The lowest BCUT2D eigenvalue weighted by atomic mass is 10.2. The van der Waals surface area contributed by atoms with Gasteiger partial charge in [-0.1, -0.05) is 0 Å². The SMILES string of the molecule is O=c1[nH]cnc2[nH]nc(CC(F)(F)F)c12. The molecule has 2 N–H and O–H groups in total. The summed E-state index contributed by atoms with van der Waals surface area (Å²) in [7, 11) is 0. The number of hydrogen-bond donors (Lipinski definition) is 2. The van der Waals surface area contributed by atoms with E-state index in [0.29, 0.717) is 0 Å². The molecule has 0 aliphatic carbocycles. The smallest absolute Gasteiger partial charge is 0.312 e. The number of aromatic nitrogens is 4. The maximum atomic E-state index is 12.1. The molecule has 0 bridgehead atoms. The van der Waals surface area contributed by atoms with Crippen LogP contribution in [-0.4, -0.2) is 26.3 Å². The van der Waals surface area contributed by atoms with E-state index in [1.807, 2.05) is 0 Å². The molecule has 0 saturated carbocycles. The second-order valence-corrected chi connectivity index (χ2v) is 2.92. The van der Waals surface area contributed by atoms with Gasteiger partial charge in [-0.15, -0.1) is 0 Å². The van der Waals surface area contributed by atoms with Crippen molar-refractivity contribution in [2.45, 2.75) is 12.6 Å². The fraction of sp³-hybridized carbons (Fsp3) is 0.286. The second-order valence-electron chi connectivity index (χ2n) is 2.92. The summed E-state index contributed by atoms with van der Waals surface area (Å²) in [6, 6.07) is 0. The van der Waals surface area contributed by atoms with Gasteiger partial charge in [0.05, 0.1) is 18.4 Å². The number of rotatable bonds is 1. The first kappa shape index (κ1) is 9.69. The number of nitrogens with one attached hydrogen (secondary N) is 2. The topological polar surface area (TPSA) is 74.4 Å². The molecule has 0 atom stereocenters. The maximum Gasteiger partial charge on any atom is 0.394 e. The number of nitrogens with zero attached hydrogens (tertiary/aromatic N) is 2. The van der Waals surface area contributed by atoms with E-state index in [1.54, 1.807) is 0 Å². The molecule has 2 aromatic heterocycles. The highest BCUT2D eigenvalue weighted by molar-refractivity contribution is 5.76. The quantitative estimate of drug-likeness (QED) is 0.741. The van der Waals surface area contributed by atoms with Gasteiger partial charge in [-0.25, -0.2) is 4.98 Å². The van der Waals surface area contributed by atoms with Crippen LogP contribution in [0.1, 0.15) is 5.69 Å². The van der Waals surface area contributed by atoms with Crippen LogP contribution >= 0.6 is 0 Å². The van der Waals surface area contributed by atoms with Crippen molar-refractivity contribution in [1.82, 2.24) is 20.2 Å². The minimum absolute atomic E-state index is 0.0537. The number of fused-ring (bicyclic) bond motifs is 1. The Labute approximate surface area is 80.3 Å². The molecule has 2 rings (SSSR count). The molecule has 8 heteroatoms. The van der Waals surface area contributed by atoms with Crippen LogP contribution in [0, 0.1) is 0 Å².